The number of aromatic carboxylic acids is 1. The molecule has 0 unspecified atom stereocenters. The molecule has 0 heterocycles. The summed E-state index contributed by atoms with van der Waals surface area (Å²) in [6, 6.07) is 13.2. The van der Waals surface area contributed by atoms with Crippen molar-refractivity contribution in [1.29, 1.82) is 0 Å². The molecule has 0 saturated carbocycles. The highest BCUT2D eigenvalue weighted by Crippen LogP contribution is 2.41. The molecule has 3 nitrogen and oxygen atoms in total. The van der Waals surface area contributed by atoms with E-state index in [1.165, 1.54) is 0 Å². The molecule has 0 aromatic heterocycles. The van der Waals surface area contributed by atoms with Gasteiger partial charge in [0.25, 0.3) is 0 Å². The zero-order chi connectivity index (χ0) is 20.9. The van der Waals surface area contributed by atoms with E-state index in [0.717, 1.165) is 30.4 Å². The van der Waals surface area contributed by atoms with Crippen LogP contribution in [0.1, 0.15) is 75.4 Å². The van der Waals surface area contributed by atoms with Crippen LogP contribution in [-0.4, -0.2) is 17.7 Å². The van der Waals surface area contributed by atoms with Crippen molar-refractivity contribution in [2.45, 2.75) is 59.3 Å². The number of carboxylic acids is 1. The van der Waals surface area contributed by atoms with Crippen molar-refractivity contribution in [3.63, 3.8) is 0 Å². The van der Waals surface area contributed by atoms with E-state index in [9.17, 15) is 4.79 Å². The van der Waals surface area contributed by atoms with E-state index in [0.29, 0.717) is 22.9 Å². The van der Waals surface area contributed by atoms with Crippen molar-refractivity contribution in [3.05, 3.63) is 64.2 Å². The van der Waals surface area contributed by atoms with Gasteiger partial charge in [0.1, 0.15) is 5.75 Å². The number of rotatable bonds is 8. The lowest BCUT2D eigenvalue weighted by atomic mass is 9.70. The molecule has 0 amide bonds. The second-order valence-corrected chi connectivity index (χ2v) is 8.88. The summed E-state index contributed by atoms with van der Waals surface area (Å²) >= 11 is 6.55. The maximum absolute atomic E-state index is 11.2. The van der Waals surface area contributed by atoms with Gasteiger partial charge in [0.05, 0.1) is 17.2 Å². The molecule has 0 aliphatic heterocycles. The van der Waals surface area contributed by atoms with Gasteiger partial charge in [-0.3, -0.25) is 0 Å². The van der Waals surface area contributed by atoms with Crippen LogP contribution in [0.4, 0.5) is 0 Å². The molecule has 0 bridgehead atoms. The first kappa shape index (κ1) is 22.3. The van der Waals surface area contributed by atoms with Crippen LogP contribution in [0, 0.1) is 5.41 Å². The van der Waals surface area contributed by atoms with Crippen LogP contribution in [0.2, 0.25) is 5.02 Å². The highest BCUT2D eigenvalue weighted by molar-refractivity contribution is 6.32. The van der Waals surface area contributed by atoms with Crippen molar-refractivity contribution in [1.82, 2.24) is 0 Å². The molecule has 2 aromatic rings. The summed E-state index contributed by atoms with van der Waals surface area (Å²) in [5.41, 5.74) is 2.51. The van der Waals surface area contributed by atoms with Crippen LogP contribution in [0.3, 0.4) is 0 Å². The monoisotopic (exact) mass is 402 g/mol. The molecule has 2 rings (SSSR count). The Kier molecular flexibility index (Phi) is 7.16. The second-order valence-electron chi connectivity index (χ2n) is 8.48. The van der Waals surface area contributed by atoms with Crippen LogP contribution in [0.15, 0.2) is 42.5 Å². The zero-order valence-corrected chi connectivity index (χ0v) is 18.3. The number of halogens is 1. The minimum absolute atomic E-state index is 0.216. The largest absolute Gasteiger partial charge is 0.492 e. The SMILES string of the molecule is CCC(CC)(c1ccc(C(=O)O)cc1)c1ccc(OCCC(C)(C)C)c(Cl)c1. The summed E-state index contributed by atoms with van der Waals surface area (Å²) in [5, 5.41) is 9.78. The van der Waals surface area contributed by atoms with Crippen LogP contribution < -0.4 is 4.74 Å². The Hall–Kier alpha value is -2.00. The Labute approximate surface area is 173 Å². The third kappa shape index (κ3) is 5.08. The topological polar surface area (TPSA) is 46.5 Å². The molecule has 28 heavy (non-hydrogen) atoms. The van der Waals surface area contributed by atoms with Gasteiger partial charge in [-0.05, 0) is 60.1 Å². The first-order valence-corrected chi connectivity index (χ1v) is 10.3. The van der Waals surface area contributed by atoms with Gasteiger partial charge in [-0.25, -0.2) is 4.79 Å². The van der Waals surface area contributed by atoms with E-state index in [4.69, 9.17) is 21.4 Å². The Morgan fingerprint density at radius 2 is 1.57 bits per heavy atom. The molecular weight excluding hydrogens is 372 g/mol. The number of carboxylic acid groups (broad SMARTS) is 1. The lowest BCUT2D eigenvalue weighted by molar-refractivity contribution is 0.0697. The third-order valence-corrected chi connectivity index (χ3v) is 5.78. The Bertz CT molecular complexity index is 800. The zero-order valence-electron chi connectivity index (χ0n) is 17.5. The lowest BCUT2D eigenvalue weighted by Gasteiger charge is -2.33. The Balaban J connectivity index is 2.32. The van der Waals surface area contributed by atoms with Gasteiger partial charge in [0, 0.05) is 5.41 Å². The van der Waals surface area contributed by atoms with Crippen molar-refractivity contribution >= 4 is 17.6 Å². The van der Waals surface area contributed by atoms with Crippen molar-refractivity contribution in [2.24, 2.45) is 5.41 Å². The number of carbonyl (C=O) groups is 1. The van der Waals surface area contributed by atoms with Crippen LogP contribution >= 0.6 is 11.6 Å². The number of benzene rings is 2. The van der Waals surface area contributed by atoms with Crippen LogP contribution in [0.25, 0.3) is 0 Å². The van der Waals surface area contributed by atoms with Crippen molar-refractivity contribution in [3.8, 4) is 5.75 Å². The molecule has 0 spiro atoms. The molecule has 0 aliphatic rings. The predicted molar refractivity (Wildman–Crippen MR) is 116 cm³/mol. The molecule has 0 fully saturated rings. The lowest BCUT2D eigenvalue weighted by Crippen LogP contribution is -2.26. The van der Waals surface area contributed by atoms with E-state index in [2.05, 4.69) is 40.7 Å². The van der Waals surface area contributed by atoms with Gasteiger partial charge in [-0.2, -0.15) is 0 Å². The third-order valence-electron chi connectivity index (χ3n) is 5.49. The van der Waals surface area contributed by atoms with Gasteiger partial charge >= 0.3 is 5.97 Å². The summed E-state index contributed by atoms with van der Waals surface area (Å²) in [6.07, 6.45) is 2.72. The maximum Gasteiger partial charge on any atom is 0.335 e. The van der Waals surface area contributed by atoms with Crippen molar-refractivity contribution in [2.75, 3.05) is 6.61 Å². The highest BCUT2D eigenvalue weighted by Gasteiger charge is 2.31. The van der Waals surface area contributed by atoms with Crippen molar-refractivity contribution < 1.29 is 14.6 Å². The molecule has 4 heteroatoms. The van der Waals surface area contributed by atoms with Crippen LogP contribution in [-0.2, 0) is 5.41 Å². The molecule has 0 radical (unpaired) electrons. The fraction of sp³-hybridized carbons (Fsp3) is 0.458. The minimum atomic E-state index is -0.912. The summed E-state index contributed by atoms with van der Waals surface area (Å²) in [5.74, 6) is -0.207. The van der Waals surface area contributed by atoms with E-state index >= 15 is 0 Å². The number of hydrogen-bond acceptors (Lipinski definition) is 2. The molecular formula is C24H31ClO3. The van der Waals surface area contributed by atoms with Gasteiger partial charge in [-0.15, -0.1) is 0 Å². The Morgan fingerprint density at radius 3 is 2.04 bits per heavy atom. The molecule has 0 saturated heterocycles. The smallest absolute Gasteiger partial charge is 0.335 e. The molecule has 152 valence electrons. The summed E-state index contributed by atoms with van der Waals surface area (Å²) in [4.78, 5) is 11.2. The number of hydrogen-bond donors (Lipinski definition) is 1. The Morgan fingerprint density at radius 1 is 1.00 bits per heavy atom. The highest BCUT2D eigenvalue weighted by atomic mass is 35.5. The first-order chi connectivity index (χ1) is 13.1. The minimum Gasteiger partial charge on any atom is -0.492 e. The summed E-state index contributed by atoms with van der Waals surface area (Å²) in [7, 11) is 0. The second kappa shape index (κ2) is 9.00. The van der Waals surface area contributed by atoms with E-state index < -0.39 is 5.97 Å². The fourth-order valence-electron chi connectivity index (χ4n) is 3.55. The van der Waals surface area contributed by atoms with Gasteiger partial charge in [-0.1, -0.05) is 64.4 Å². The molecule has 0 aliphatic carbocycles. The van der Waals surface area contributed by atoms with Gasteiger partial charge < -0.3 is 9.84 Å². The van der Waals surface area contributed by atoms with E-state index in [-0.39, 0.29) is 10.8 Å². The van der Waals surface area contributed by atoms with E-state index in [1.54, 1.807) is 12.1 Å². The van der Waals surface area contributed by atoms with Crippen LogP contribution in [0.5, 0.6) is 5.75 Å². The summed E-state index contributed by atoms with van der Waals surface area (Å²) in [6.45, 7) is 11.5. The average Bonchev–Trinajstić information content (AvgIpc) is 2.64. The average molecular weight is 403 g/mol. The quantitative estimate of drug-likeness (QED) is 0.519. The number of ether oxygens (including phenoxy) is 1. The first-order valence-electron chi connectivity index (χ1n) is 9.89. The predicted octanol–water partition coefficient (Wildman–Crippen LogP) is 6.96. The summed E-state index contributed by atoms with van der Waals surface area (Å²) < 4.78 is 5.90. The van der Waals surface area contributed by atoms with Gasteiger partial charge in [0.15, 0.2) is 0 Å². The fourth-order valence-corrected chi connectivity index (χ4v) is 3.78. The normalized spacial score (nSPS) is 12.1. The molecule has 1 N–H and O–H groups in total. The molecule has 0 atom stereocenters. The standard InChI is InChI=1S/C24H31ClO3/c1-6-24(7-2,18-10-8-17(9-11-18)22(26)27)19-12-13-21(20(25)16-19)28-15-14-23(3,4)5/h8-13,16H,6-7,14-15H2,1-5H3,(H,26,27). The van der Waals surface area contributed by atoms with Gasteiger partial charge in [0.2, 0.25) is 0 Å². The maximum atomic E-state index is 11.2. The molecule has 2 aromatic carbocycles. The van der Waals surface area contributed by atoms with E-state index in [1.807, 2.05) is 24.3 Å².